The summed E-state index contributed by atoms with van der Waals surface area (Å²) >= 11 is 0. The van der Waals surface area contributed by atoms with Gasteiger partial charge >= 0.3 is 69.3 Å². The quantitative estimate of drug-likeness (QED) is 0.276. The van der Waals surface area contributed by atoms with Crippen LogP contribution in [0.2, 0.25) is 0 Å². The number of hydrogen-bond donors (Lipinski definition) is 4. The third kappa shape index (κ3) is 12.9. The van der Waals surface area contributed by atoms with E-state index in [-0.39, 0.29) is 85.6 Å². The Kier molecular flexibility index (Phi) is 14.0. The monoisotopic (exact) mass is 318 g/mol. The van der Waals surface area contributed by atoms with Gasteiger partial charge in [-0.2, -0.15) is 0 Å². The van der Waals surface area contributed by atoms with Crippen LogP contribution in [0.3, 0.4) is 0 Å². The molecule has 20 heavy (non-hydrogen) atoms. The van der Waals surface area contributed by atoms with Gasteiger partial charge < -0.3 is 21.9 Å². The summed E-state index contributed by atoms with van der Waals surface area (Å²) in [5.74, 6) is -3.39. The van der Waals surface area contributed by atoms with Crippen molar-refractivity contribution in [1.82, 2.24) is 9.80 Å². The van der Waals surface area contributed by atoms with Crippen molar-refractivity contribution in [2.45, 2.75) is 0 Å². The molecule has 0 atom stereocenters. The predicted octanol–water partition coefficient (Wildman–Crippen LogP) is -5.05. The van der Waals surface area contributed by atoms with Crippen molar-refractivity contribution in [2.75, 3.05) is 45.9 Å². The van der Waals surface area contributed by atoms with Crippen LogP contribution in [0, 0.1) is 0 Å². The van der Waals surface area contributed by atoms with Crippen molar-refractivity contribution < 1.29 is 87.6 Å². The zero-order valence-electron chi connectivity index (χ0n) is 12.4. The molecule has 0 radical (unpaired) electrons. The maximum absolute atomic E-state index is 10.6. The summed E-state index contributed by atoms with van der Waals surface area (Å²) in [5.41, 5.74) is 0. The Morgan fingerprint density at radius 3 is 1.45 bits per heavy atom. The summed E-state index contributed by atoms with van der Waals surface area (Å²) in [7, 11) is 0. The van der Waals surface area contributed by atoms with Crippen LogP contribution in [0.15, 0.2) is 0 Å². The average molecular weight is 318 g/mol. The van der Waals surface area contributed by atoms with Gasteiger partial charge in [-0.05, 0) is 0 Å². The molecule has 0 fully saturated rings. The number of carboxylic acid groups (broad SMARTS) is 3. The molecule has 0 aromatic heterocycles. The molecule has 0 saturated heterocycles. The molecule has 0 spiro atoms. The smallest absolute Gasteiger partial charge is 1.00 e. The fourth-order valence-electron chi connectivity index (χ4n) is 1.48. The minimum absolute atomic E-state index is 0. The summed E-state index contributed by atoms with van der Waals surface area (Å²) in [5, 5.41) is 34.7. The van der Waals surface area contributed by atoms with Crippen molar-refractivity contribution in [3.8, 4) is 0 Å². The van der Waals surface area contributed by atoms with E-state index in [2.05, 4.69) is 0 Å². The zero-order valence-corrected chi connectivity index (χ0v) is 14.5. The molecule has 0 heterocycles. The summed E-state index contributed by atoms with van der Waals surface area (Å²) < 4.78 is 0. The summed E-state index contributed by atoms with van der Waals surface area (Å²) in [6, 6.07) is 0. The Labute approximate surface area is 160 Å². The normalized spacial score (nSPS) is 10.3. The van der Waals surface area contributed by atoms with Crippen LogP contribution in [-0.2, 0) is 14.4 Å². The van der Waals surface area contributed by atoms with E-state index in [1.54, 1.807) is 0 Å². The van der Waals surface area contributed by atoms with E-state index in [0.717, 1.165) is 0 Å². The van der Waals surface area contributed by atoms with Gasteiger partial charge in [0.25, 0.3) is 0 Å². The number of rotatable bonds is 11. The number of aliphatic hydroxyl groups excluding tert-OH is 1. The van der Waals surface area contributed by atoms with Gasteiger partial charge in [0.1, 0.15) is 0 Å². The molecular formula is C10H19KN2O7. The summed E-state index contributed by atoms with van der Waals surface area (Å²) in [6.45, 7) is -1.03. The van der Waals surface area contributed by atoms with Crippen LogP contribution in [0.25, 0.3) is 0 Å². The van der Waals surface area contributed by atoms with Crippen LogP contribution in [0.4, 0.5) is 0 Å². The van der Waals surface area contributed by atoms with Crippen molar-refractivity contribution in [3.63, 3.8) is 0 Å². The van der Waals surface area contributed by atoms with Gasteiger partial charge in [-0.25, -0.2) is 0 Å². The predicted molar refractivity (Wildman–Crippen MR) is 64.0 cm³/mol. The molecule has 0 rings (SSSR count). The molecular weight excluding hydrogens is 299 g/mol. The summed E-state index contributed by atoms with van der Waals surface area (Å²) in [4.78, 5) is 34.3. The molecule has 0 amide bonds. The third-order valence-corrected chi connectivity index (χ3v) is 2.23. The van der Waals surface area contributed by atoms with Gasteiger partial charge in [0.15, 0.2) is 0 Å². The first-order valence-electron chi connectivity index (χ1n) is 5.56. The Morgan fingerprint density at radius 2 is 1.10 bits per heavy atom. The molecule has 10 heteroatoms. The molecule has 0 aliphatic carbocycles. The van der Waals surface area contributed by atoms with Crippen LogP contribution >= 0.6 is 0 Å². The van der Waals surface area contributed by atoms with Gasteiger partial charge in [-0.1, -0.05) is 0 Å². The topological polar surface area (TPSA) is 139 Å². The van der Waals surface area contributed by atoms with E-state index in [9.17, 15) is 14.4 Å². The van der Waals surface area contributed by atoms with Crippen LogP contribution < -0.4 is 51.4 Å². The first-order chi connectivity index (χ1) is 8.85. The number of carbonyl (C=O) groups is 3. The number of nitrogens with zero attached hydrogens (tertiary/aromatic N) is 2. The molecule has 0 aliphatic heterocycles. The van der Waals surface area contributed by atoms with Crippen LogP contribution in [-0.4, -0.2) is 94.0 Å². The Bertz CT molecular complexity index is 317. The standard InChI is InChI=1S/C10H18N2O7.K.H/c13-4-3-11(5-8(14)15)1-2-12(6-9(16)17)7-10(18)19;;/h13H,1-7H2,(H,14,15)(H,16,17)(H,18,19);;/q;+1;-1. The molecule has 0 bridgehead atoms. The second-order valence-electron chi connectivity index (χ2n) is 3.89. The van der Waals surface area contributed by atoms with E-state index in [1.807, 2.05) is 0 Å². The number of aliphatic carboxylic acids is 3. The molecule has 4 N–H and O–H groups in total. The number of hydrogen-bond acceptors (Lipinski definition) is 6. The number of aliphatic hydroxyl groups is 1. The van der Waals surface area contributed by atoms with Crippen LogP contribution in [0.5, 0.6) is 0 Å². The second kappa shape index (κ2) is 12.7. The van der Waals surface area contributed by atoms with Gasteiger partial charge in [-0.3, -0.25) is 24.2 Å². The minimum atomic E-state index is -1.16. The average Bonchev–Trinajstić information content (AvgIpc) is 2.23. The molecule has 0 unspecified atom stereocenters. The van der Waals surface area contributed by atoms with Gasteiger partial charge in [0.2, 0.25) is 0 Å². The maximum Gasteiger partial charge on any atom is 1.00 e. The maximum atomic E-state index is 10.6. The van der Waals surface area contributed by atoms with Crippen molar-refractivity contribution in [1.29, 1.82) is 0 Å². The van der Waals surface area contributed by atoms with Crippen molar-refractivity contribution >= 4 is 17.9 Å². The molecule has 9 nitrogen and oxygen atoms in total. The van der Waals surface area contributed by atoms with Crippen molar-refractivity contribution in [2.24, 2.45) is 0 Å². The first-order valence-corrected chi connectivity index (χ1v) is 5.56. The largest absolute Gasteiger partial charge is 1.00 e. The first kappa shape index (κ1) is 22.2. The SMILES string of the molecule is O=C(O)CN(CCO)CCN(CC(=O)O)CC(=O)O.[H-].[K+]. The van der Waals surface area contributed by atoms with Crippen molar-refractivity contribution in [3.05, 3.63) is 0 Å². The van der Waals surface area contributed by atoms with E-state index < -0.39 is 31.0 Å². The fraction of sp³-hybridized carbons (Fsp3) is 0.700. The molecule has 0 aromatic rings. The van der Waals surface area contributed by atoms with E-state index in [1.165, 1.54) is 9.80 Å². The van der Waals surface area contributed by atoms with E-state index >= 15 is 0 Å². The Morgan fingerprint density at radius 1 is 0.750 bits per heavy atom. The van der Waals surface area contributed by atoms with E-state index in [0.29, 0.717) is 0 Å². The minimum Gasteiger partial charge on any atom is -1.00 e. The second-order valence-corrected chi connectivity index (χ2v) is 3.89. The molecule has 0 aliphatic rings. The van der Waals surface area contributed by atoms with Gasteiger partial charge in [0.05, 0.1) is 26.2 Å². The molecule has 0 saturated carbocycles. The van der Waals surface area contributed by atoms with Gasteiger partial charge in [0, 0.05) is 19.6 Å². The molecule has 112 valence electrons. The van der Waals surface area contributed by atoms with Gasteiger partial charge in [-0.15, -0.1) is 0 Å². The number of carboxylic acids is 3. The Balaban J connectivity index is -0.00000162. The zero-order chi connectivity index (χ0) is 14.8. The summed E-state index contributed by atoms with van der Waals surface area (Å²) in [6.07, 6.45) is 0. The third-order valence-electron chi connectivity index (χ3n) is 2.23. The Hall–Kier alpha value is -0.0736. The van der Waals surface area contributed by atoms with Crippen LogP contribution in [0.1, 0.15) is 1.43 Å². The fourth-order valence-corrected chi connectivity index (χ4v) is 1.48. The molecule has 0 aromatic carbocycles. The van der Waals surface area contributed by atoms with E-state index in [4.69, 9.17) is 20.4 Å².